The zero-order valence-electron chi connectivity index (χ0n) is 13.3. The Morgan fingerprint density at radius 1 is 0.958 bits per heavy atom. The first-order chi connectivity index (χ1) is 11.3. The molecule has 0 spiro atoms. The molecule has 2 aromatic rings. The smallest absolute Gasteiger partial charge is 0.241 e. The predicted octanol–water partition coefficient (Wildman–Crippen LogP) is 3.02. The van der Waals surface area contributed by atoms with E-state index < -0.39 is 27.7 Å². The number of benzene rings is 2. The quantitative estimate of drug-likeness (QED) is 0.863. The molecule has 0 amide bonds. The monoisotopic (exact) mass is 357 g/mol. The average molecular weight is 357 g/mol. The van der Waals surface area contributed by atoms with Crippen LogP contribution in [0.15, 0.2) is 41.3 Å². The molecule has 0 aliphatic rings. The minimum absolute atomic E-state index is 0.0328. The van der Waals surface area contributed by atoms with Crippen molar-refractivity contribution in [1.82, 2.24) is 4.72 Å². The van der Waals surface area contributed by atoms with E-state index in [-0.39, 0.29) is 10.6 Å². The largest absolute Gasteiger partial charge is 0.493 e. The molecule has 8 heteroatoms. The summed E-state index contributed by atoms with van der Waals surface area (Å²) in [7, 11) is -1.06. The topological polar surface area (TPSA) is 64.6 Å². The third-order valence-corrected chi connectivity index (χ3v) is 4.98. The molecule has 5 nitrogen and oxygen atoms in total. The molecular formula is C16H17F2NO4S. The van der Waals surface area contributed by atoms with Gasteiger partial charge in [-0.05, 0) is 36.8 Å². The highest BCUT2D eigenvalue weighted by molar-refractivity contribution is 7.89. The molecule has 130 valence electrons. The van der Waals surface area contributed by atoms with E-state index in [0.29, 0.717) is 11.3 Å². The summed E-state index contributed by atoms with van der Waals surface area (Å²) in [6.45, 7) is 1.53. The van der Waals surface area contributed by atoms with Gasteiger partial charge in [0.25, 0.3) is 0 Å². The highest BCUT2D eigenvalue weighted by Crippen LogP contribution is 2.30. The summed E-state index contributed by atoms with van der Waals surface area (Å²) in [6.07, 6.45) is 0. The first-order valence-corrected chi connectivity index (χ1v) is 8.46. The number of sulfonamides is 1. The summed E-state index contributed by atoms with van der Waals surface area (Å²) >= 11 is 0. The van der Waals surface area contributed by atoms with Gasteiger partial charge in [-0.1, -0.05) is 6.07 Å². The van der Waals surface area contributed by atoms with Gasteiger partial charge in [-0.2, -0.15) is 0 Å². The van der Waals surface area contributed by atoms with Crippen LogP contribution in [-0.2, 0) is 10.0 Å². The Labute approximate surface area is 139 Å². The Bertz CT molecular complexity index is 840. The lowest BCUT2D eigenvalue weighted by molar-refractivity contribution is 0.354. The zero-order valence-corrected chi connectivity index (χ0v) is 14.2. The fourth-order valence-electron chi connectivity index (χ4n) is 2.13. The lowest BCUT2D eigenvalue weighted by Gasteiger charge is -2.16. The Balaban J connectivity index is 2.28. The zero-order chi connectivity index (χ0) is 17.9. The van der Waals surface area contributed by atoms with Gasteiger partial charge in [0, 0.05) is 12.1 Å². The van der Waals surface area contributed by atoms with Crippen molar-refractivity contribution in [3.05, 3.63) is 53.6 Å². The van der Waals surface area contributed by atoms with E-state index >= 15 is 0 Å². The van der Waals surface area contributed by atoms with E-state index in [1.807, 2.05) is 0 Å². The van der Waals surface area contributed by atoms with Crippen molar-refractivity contribution in [3.8, 4) is 11.5 Å². The van der Waals surface area contributed by atoms with Crippen molar-refractivity contribution in [3.63, 3.8) is 0 Å². The molecule has 24 heavy (non-hydrogen) atoms. The molecule has 0 radical (unpaired) electrons. The van der Waals surface area contributed by atoms with E-state index in [9.17, 15) is 17.2 Å². The molecule has 2 rings (SSSR count). The van der Waals surface area contributed by atoms with Crippen LogP contribution in [-0.4, -0.2) is 22.6 Å². The van der Waals surface area contributed by atoms with Gasteiger partial charge in [0.1, 0.15) is 0 Å². The minimum Gasteiger partial charge on any atom is -0.493 e. The third-order valence-electron chi connectivity index (χ3n) is 3.44. The standard InChI is InChI=1S/C16H17F2NO4S/c1-10(11-4-6-13(17)14(18)8-11)19-24(20,21)12-5-7-15(22-2)16(9-12)23-3/h4-10,19H,1-3H3/t10-/m1/s1. The average Bonchev–Trinajstić information content (AvgIpc) is 2.56. The first kappa shape index (κ1) is 18.2. The SMILES string of the molecule is COc1ccc(S(=O)(=O)N[C@H](C)c2ccc(F)c(F)c2)cc1OC. The fourth-order valence-corrected chi connectivity index (χ4v) is 3.38. The molecule has 0 saturated heterocycles. The summed E-state index contributed by atoms with van der Waals surface area (Å²) in [5.41, 5.74) is 0.304. The second kappa shape index (κ2) is 7.14. The van der Waals surface area contributed by atoms with Crippen molar-refractivity contribution in [1.29, 1.82) is 0 Å². The van der Waals surface area contributed by atoms with E-state index in [1.54, 1.807) is 0 Å². The highest BCUT2D eigenvalue weighted by Gasteiger charge is 2.21. The van der Waals surface area contributed by atoms with Gasteiger partial charge in [0.2, 0.25) is 10.0 Å². The second-order valence-corrected chi connectivity index (χ2v) is 6.75. The molecule has 1 N–H and O–H groups in total. The molecule has 2 aromatic carbocycles. The van der Waals surface area contributed by atoms with Gasteiger partial charge >= 0.3 is 0 Å². The number of rotatable bonds is 6. The van der Waals surface area contributed by atoms with E-state index in [0.717, 1.165) is 12.1 Å². The van der Waals surface area contributed by atoms with Crippen molar-refractivity contribution < 1.29 is 26.7 Å². The number of nitrogens with one attached hydrogen (secondary N) is 1. The van der Waals surface area contributed by atoms with Crippen LogP contribution < -0.4 is 14.2 Å². The lowest BCUT2D eigenvalue weighted by Crippen LogP contribution is -2.27. The number of methoxy groups -OCH3 is 2. The third kappa shape index (κ3) is 3.82. The molecule has 0 heterocycles. The second-order valence-electron chi connectivity index (χ2n) is 5.03. The van der Waals surface area contributed by atoms with Gasteiger partial charge in [-0.25, -0.2) is 21.9 Å². The number of halogens is 2. The summed E-state index contributed by atoms with van der Waals surface area (Å²) in [5.74, 6) is -1.37. The van der Waals surface area contributed by atoms with Crippen LogP contribution in [0.5, 0.6) is 11.5 Å². The summed E-state index contributed by atoms with van der Waals surface area (Å²) in [5, 5.41) is 0. The maximum atomic E-state index is 13.3. The van der Waals surface area contributed by atoms with Crippen molar-refractivity contribution in [2.75, 3.05) is 14.2 Å². The van der Waals surface area contributed by atoms with E-state index in [2.05, 4.69) is 4.72 Å². The van der Waals surface area contributed by atoms with Crippen molar-refractivity contribution in [2.45, 2.75) is 17.9 Å². The molecule has 0 aliphatic heterocycles. The fraction of sp³-hybridized carbons (Fsp3) is 0.250. The Morgan fingerprint density at radius 3 is 2.21 bits per heavy atom. The molecule has 1 atom stereocenters. The van der Waals surface area contributed by atoms with Crippen LogP contribution >= 0.6 is 0 Å². The first-order valence-electron chi connectivity index (χ1n) is 6.98. The van der Waals surface area contributed by atoms with E-state index in [1.165, 1.54) is 45.4 Å². The summed E-state index contributed by atoms with van der Waals surface area (Å²) in [6, 6.07) is 6.62. The lowest BCUT2D eigenvalue weighted by atomic mass is 10.1. The number of hydrogen-bond acceptors (Lipinski definition) is 4. The summed E-state index contributed by atoms with van der Waals surface area (Å²) < 4.78 is 63.8. The minimum atomic E-state index is -3.89. The molecule has 0 aliphatic carbocycles. The Kier molecular flexibility index (Phi) is 5.40. The van der Waals surface area contributed by atoms with Crippen LogP contribution in [0.4, 0.5) is 8.78 Å². The maximum Gasteiger partial charge on any atom is 0.241 e. The molecule has 0 bridgehead atoms. The summed E-state index contributed by atoms with van der Waals surface area (Å²) in [4.78, 5) is -0.0328. The molecule has 0 saturated carbocycles. The Morgan fingerprint density at radius 2 is 1.62 bits per heavy atom. The molecule has 0 fully saturated rings. The molecule has 0 aromatic heterocycles. The highest BCUT2D eigenvalue weighted by atomic mass is 32.2. The van der Waals surface area contributed by atoms with Gasteiger partial charge in [-0.3, -0.25) is 0 Å². The number of hydrogen-bond donors (Lipinski definition) is 1. The van der Waals surface area contributed by atoms with E-state index in [4.69, 9.17) is 9.47 Å². The normalized spacial score (nSPS) is 12.7. The van der Waals surface area contributed by atoms with Gasteiger partial charge in [0.05, 0.1) is 19.1 Å². The Hall–Kier alpha value is -2.19. The predicted molar refractivity (Wildman–Crippen MR) is 84.6 cm³/mol. The van der Waals surface area contributed by atoms with Gasteiger partial charge in [0.15, 0.2) is 23.1 Å². The number of ether oxygens (including phenoxy) is 2. The van der Waals surface area contributed by atoms with Crippen LogP contribution in [0.2, 0.25) is 0 Å². The maximum absolute atomic E-state index is 13.3. The van der Waals surface area contributed by atoms with Crippen molar-refractivity contribution in [2.24, 2.45) is 0 Å². The van der Waals surface area contributed by atoms with Crippen LogP contribution in [0.3, 0.4) is 0 Å². The van der Waals surface area contributed by atoms with Gasteiger partial charge in [-0.15, -0.1) is 0 Å². The van der Waals surface area contributed by atoms with Crippen LogP contribution in [0.1, 0.15) is 18.5 Å². The van der Waals surface area contributed by atoms with Crippen molar-refractivity contribution >= 4 is 10.0 Å². The van der Waals surface area contributed by atoms with Crippen LogP contribution in [0, 0.1) is 11.6 Å². The molecular weight excluding hydrogens is 340 g/mol. The van der Waals surface area contributed by atoms with Crippen LogP contribution in [0.25, 0.3) is 0 Å². The van der Waals surface area contributed by atoms with Gasteiger partial charge < -0.3 is 9.47 Å². The molecule has 0 unspecified atom stereocenters.